The number of likely N-dealkylation sites (tertiary alicyclic amines) is 1. The fraction of sp³-hybridized carbons (Fsp3) is 0.250. The molecule has 2 aliphatic heterocycles. The van der Waals surface area contributed by atoms with Gasteiger partial charge in [0.2, 0.25) is 5.91 Å². The molecule has 3 amide bonds. The van der Waals surface area contributed by atoms with Crippen LogP contribution in [0.15, 0.2) is 48.8 Å². The SMILES string of the molecule is C=C1[C@@H](Cc2ccnc(N)c2)C(=O)N1C(=O)N[C@@H](C)c1ccc2c(c1)OC(F)(F)O2. The first kappa shape index (κ1) is 19.6. The van der Waals surface area contributed by atoms with Crippen LogP contribution in [0.2, 0.25) is 0 Å². The van der Waals surface area contributed by atoms with Gasteiger partial charge in [0.25, 0.3) is 0 Å². The van der Waals surface area contributed by atoms with Crippen LogP contribution in [0.4, 0.5) is 19.4 Å². The van der Waals surface area contributed by atoms with Gasteiger partial charge in [0.15, 0.2) is 11.5 Å². The van der Waals surface area contributed by atoms with E-state index in [4.69, 9.17) is 5.73 Å². The number of carbonyl (C=O) groups is 2. The number of amides is 3. The number of hydrogen-bond donors (Lipinski definition) is 2. The molecule has 3 N–H and O–H groups in total. The number of fused-ring (bicyclic) bond motifs is 1. The lowest BCUT2D eigenvalue weighted by molar-refractivity contribution is -0.286. The number of aromatic nitrogens is 1. The third-order valence-corrected chi connectivity index (χ3v) is 4.96. The van der Waals surface area contributed by atoms with Crippen molar-refractivity contribution in [1.82, 2.24) is 15.2 Å². The summed E-state index contributed by atoms with van der Waals surface area (Å²) in [6, 6.07) is 6.38. The Kier molecular flexibility index (Phi) is 4.56. The first-order valence-electron chi connectivity index (χ1n) is 9.08. The molecule has 0 saturated carbocycles. The first-order valence-corrected chi connectivity index (χ1v) is 9.08. The number of ether oxygens (including phenoxy) is 2. The summed E-state index contributed by atoms with van der Waals surface area (Å²) in [6.07, 6.45) is -1.81. The highest BCUT2D eigenvalue weighted by molar-refractivity contribution is 6.05. The highest BCUT2D eigenvalue weighted by atomic mass is 19.3. The van der Waals surface area contributed by atoms with E-state index in [9.17, 15) is 18.4 Å². The van der Waals surface area contributed by atoms with Crippen molar-refractivity contribution in [3.8, 4) is 11.5 Å². The molecule has 2 atom stereocenters. The second kappa shape index (κ2) is 6.97. The number of urea groups is 1. The Hall–Kier alpha value is -3.69. The van der Waals surface area contributed by atoms with Gasteiger partial charge >= 0.3 is 12.3 Å². The van der Waals surface area contributed by atoms with Gasteiger partial charge in [0.05, 0.1) is 12.0 Å². The van der Waals surface area contributed by atoms with Crippen LogP contribution in [0.5, 0.6) is 11.5 Å². The van der Waals surface area contributed by atoms with Crippen LogP contribution >= 0.6 is 0 Å². The van der Waals surface area contributed by atoms with E-state index in [0.29, 0.717) is 23.5 Å². The lowest BCUT2D eigenvalue weighted by Gasteiger charge is -2.39. The van der Waals surface area contributed by atoms with E-state index in [1.165, 1.54) is 18.2 Å². The fourth-order valence-electron chi connectivity index (χ4n) is 3.39. The van der Waals surface area contributed by atoms with Crippen molar-refractivity contribution in [3.05, 3.63) is 59.9 Å². The van der Waals surface area contributed by atoms with Crippen LogP contribution in [0.3, 0.4) is 0 Å². The molecule has 2 aliphatic rings. The van der Waals surface area contributed by atoms with Crippen LogP contribution < -0.4 is 20.5 Å². The maximum atomic E-state index is 13.2. The third kappa shape index (κ3) is 3.51. The molecule has 2 aromatic rings. The number of pyridine rings is 1. The van der Waals surface area contributed by atoms with Gasteiger partial charge < -0.3 is 20.5 Å². The summed E-state index contributed by atoms with van der Waals surface area (Å²) >= 11 is 0. The van der Waals surface area contributed by atoms with Crippen molar-refractivity contribution < 1.29 is 27.8 Å². The highest BCUT2D eigenvalue weighted by Crippen LogP contribution is 2.42. The van der Waals surface area contributed by atoms with Gasteiger partial charge in [-0.05, 0) is 48.7 Å². The number of β-lactam (4-membered cyclic amide) rings is 1. The number of carbonyl (C=O) groups excluding carboxylic acids is 2. The molecule has 1 aromatic heterocycles. The Balaban J connectivity index is 1.39. The molecule has 10 heteroatoms. The summed E-state index contributed by atoms with van der Waals surface area (Å²) in [4.78, 5) is 29.9. The predicted molar refractivity (Wildman–Crippen MR) is 101 cm³/mol. The second-order valence-corrected chi connectivity index (χ2v) is 7.06. The molecule has 30 heavy (non-hydrogen) atoms. The quantitative estimate of drug-likeness (QED) is 0.743. The number of imide groups is 1. The van der Waals surface area contributed by atoms with Crippen LogP contribution in [-0.2, 0) is 11.2 Å². The molecule has 0 radical (unpaired) electrons. The summed E-state index contributed by atoms with van der Waals surface area (Å²) < 4.78 is 35.1. The summed E-state index contributed by atoms with van der Waals surface area (Å²) in [7, 11) is 0. The van der Waals surface area contributed by atoms with Crippen molar-refractivity contribution in [2.24, 2.45) is 5.92 Å². The third-order valence-electron chi connectivity index (χ3n) is 4.96. The Morgan fingerprint density at radius 1 is 1.33 bits per heavy atom. The molecule has 0 unspecified atom stereocenters. The maximum Gasteiger partial charge on any atom is 0.586 e. The molecule has 0 bridgehead atoms. The van der Waals surface area contributed by atoms with Gasteiger partial charge in [0.1, 0.15) is 5.82 Å². The van der Waals surface area contributed by atoms with Crippen molar-refractivity contribution in [2.75, 3.05) is 5.73 Å². The van der Waals surface area contributed by atoms with E-state index in [1.54, 1.807) is 25.3 Å². The first-order chi connectivity index (χ1) is 14.1. The number of benzene rings is 1. The van der Waals surface area contributed by atoms with E-state index in [2.05, 4.69) is 26.4 Å². The second-order valence-electron chi connectivity index (χ2n) is 7.06. The molecule has 4 rings (SSSR count). The molecule has 3 heterocycles. The lowest BCUT2D eigenvalue weighted by Crippen LogP contribution is -2.56. The molecule has 0 spiro atoms. The average Bonchev–Trinajstić information content (AvgIpc) is 2.99. The Morgan fingerprint density at radius 3 is 2.77 bits per heavy atom. The summed E-state index contributed by atoms with van der Waals surface area (Å²) in [5.74, 6) is -0.784. The number of rotatable bonds is 4. The van der Waals surface area contributed by atoms with Crippen molar-refractivity contribution in [2.45, 2.75) is 25.7 Å². The van der Waals surface area contributed by atoms with Gasteiger partial charge in [-0.15, -0.1) is 8.78 Å². The number of nitrogens with one attached hydrogen (secondary N) is 1. The number of halogens is 2. The molecule has 8 nitrogen and oxygen atoms in total. The van der Waals surface area contributed by atoms with Gasteiger partial charge in [-0.1, -0.05) is 12.6 Å². The standard InChI is InChI=1S/C20H18F2N4O4/c1-10(13-3-4-15-16(9-13)30-20(21,22)29-15)25-19(28)26-11(2)14(18(26)27)7-12-5-6-24-17(23)8-12/h3-6,8-10,14H,2,7H2,1H3,(H2,23,24)(H,25,28)/t10-,14+/m0/s1. The lowest BCUT2D eigenvalue weighted by atomic mass is 9.88. The zero-order valence-corrected chi connectivity index (χ0v) is 15.9. The highest BCUT2D eigenvalue weighted by Gasteiger charge is 2.46. The zero-order valence-electron chi connectivity index (χ0n) is 15.9. The fourth-order valence-corrected chi connectivity index (χ4v) is 3.39. The molecule has 0 aliphatic carbocycles. The smallest absolute Gasteiger partial charge is 0.395 e. The average molecular weight is 416 g/mol. The molecule has 1 aromatic carbocycles. The molecule has 1 saturated heterocycles. The zero-order chi connectivity index (χ0) is 21.6. The number of nitrogens with zero attached hydrogens (tertiary/aromatic N) is 2. The van der Waals surface area contributed by atoms with E-state index < -0.39 is 24.3 Å². The number of anilines is 1. The van der Waals surface area contributed by atoms with E-state index >= 15 is 0 Å². The number of alkyl halides is 2. The van der Waals surface area contributed by atoms with Crippen LogP contribution in [0.1, 0.15) is 24.1 Å². The minimum atomic E-state index is -3.72. The molecule has 1 fully saturated rings. The molecule has 156 valence electrons. The number of nitrogens with two attached hydrogens (primary N) is 1. The summed E-state index contributed by atoms with van der Waals surface area (Å²) in [6.45, 7) is 5.48. The summed E-state index contributed by atoms with van der Waals surface area (Å²) in [5.41, 5.74) is 7.33. The molecular formula is C20H18F2N4O4. The van der Waals surface area contributed by atoms with E-state index in [-0.39, 0.29) is 17.4 Å². The Morgan fingerprint density at radius 2 is 2.07 bits per heavy atom. The van der Waals surface area contributed by atoms with Crippen LogP contribution in [0.25, 0.3) is 0 Å². The van der Waals surface area contributed by atoms with E-state index in [1.807, 2.05) is 0 Å². The predicted octanol–water partition coefficient (Wildman–Crippen LogP) is 2.97. The number of nitrogen functional groups attached to an aromatic ring is 1. The van der Waals surface area contributed by atoms with Crippen molar-refractivity contribution in [1.29, 1.82) is 0 Å². The van der Waals surface area contributed by atoms with Crippen LogP contribution in [-0.4, -0.2) is 28.1 Å². The minimum Gasteiger partial charge on any atom is -0.395 e. The topological polar surface area (TPSA) is 107 Å². The van der Waals surface area contributed by atoms with E-state index in [0.717, 1.165) is 10.5 Å². The Labute approximate surface area is 170 Å². The Bertz CT molecular complexity index is 1040. The largest absolute Gasteiger partial charge is 0.586 e. The normalized spacial score (nSPS) is 20.0. The van der Waals surface area contributed by atoms with Crippen molar-refractivity contribution in [3.63, 3.8) is 0 Å². The maximum absolute atomic E-state index is 13.2. The minimum absolute atomic E-state index is 0.0897. The van der Waals surface area contributed by atoms with Gasteiger partial charge in [-0.25, -0.2) is 14.7 Å². The van der Waals surface area contributed by atoms with Crippen LogP contribution in [0, 0.1) is 5.92 Å². The van der Waals surface area contributed by atoms with Gasteiger partial charge in [-0.3, -0.25) is 4.79 Å². The molecular weight excluding hydrogens is 398 g/mol. The van der Waals surface area contributed by atoms with Crippen molar-refractivity contribution >= 4 is 17.8 Å². The van der Waals surface area contributed by atoms with Gasteiger partial charge in [-0.2, -0.15) is 0 Å². The monoisotopic (exact) mass is 416 g/mol. The number of hydrogen-bond acceptors (Lipinski definition) is 6. The summed E-state index contributed by atoms with van der Waals surface area (Å²) in [5, 5.41) is 2.66. The van der Waals surface area contributed by atoms with Gasteiger partial charge in [0, 0.05) is 11.9 Å².